The van der Waals surface area contributed by atoms with Crippen LogP contribution in [0.4, 0.5) is 4.39 Å². The lowest BCUT2D eigenvalue weighted by Crippen LogP contribution is -2.46. The highest BCUT2D eigenvalue weighted by Crippen LogP contribution is 2.32. The number of aromatic nitrogens is 3. The van der Waals surface area contributed by atoms with Crippen molar-refractivity contribution in [1.82, 2.24) is 24.1 Å². The second-order valence-electron chi connectivity index (χ2n) is 7.36. The molecule has 1 fully saturated rings. The summed E-state index contributed by atoms with van der Waals surface area (Å²) in [5.74, 6) is 0.0470. The molecule has 5 nitrogen and oxygen atoms in total. The van der Waals surface area contributed by atoms with E-state index >= 15 is 0 Å². The molecule has 4 rings (SSSR count). The first-order chi connectivity index (χ1) is 14.9. The predicted octanol–water partition coefficient (Wildman–Crippen LogP) is 5.76. The summed E-state index contributed by atoms with van der Waals surface area (Å²) in [6.07, 6.45) is 0. The Morgan fingerprint density at radius 1 is 0.968 bits per heavy atom. The maximum Gasteiger partial charge on any atom is 0.204 e. The summed E-state index contributed by atoms with van der Waals surface area (Å²) >= 11 is 24.4. The van der Waals surface area contributed by atoms with E-state index in [2.05, 4.69) is 16.7 Å². The van der Waals surface area contributed by atoms with E-state index in [1.54, 1.807) is 33.5 Å². The molecule has 10 heteroatoms. The predicted molar refractivity (Wildman–Crippen MR) is 126 cm³/mol. The van der Waals surface area contributed by atoms with Gasteiger partial charge in [-0.1, -0.05) is 41.7 Å². The van der Waals surface area contributed by atoms with Crippen LogP contribution in [-0.2, 0) is 6.67 Å². The number of likely N-dealkylation sites (N-methyl/N-ethyl adjacent to an activating group) is 1. The number of hydrogen-bond donors (Lipinski definition) is 0. The van der Waals surface area contributed by atoms with Crippen LogP contribution in [0.2, 0.25) is 15.1 Å². The second kappa shape index (κ2) is 9.57. The van der Waals surface area contributed by atoms with Gasteiger partial charge in [0.15, 0.2) is 5.82 Å². The van der Waals surface area contributed by atoms with Crippen molar-refractivity contribution in [2.45, 2.75) is 13.6 Å². The topological polar surface area (TPSA) is 29.2 Å². The summed E-state index contributed by atoms with van der Waals surface area (Å²) in [6, 6.07) is 9.67. The van der Waals surface area contributed by atoms with E-state index in [4.69, 9.17) is 52.1 Å². The van der Waals surface area contributed by atoms with E-state index in [1.165, 1.54) is 12.1 Å². The van der Waals surface area contributed by atoms with Crippen LogP contribution in [0, 0.1) is 10.6 Å². The Bertz CT molecular complexity index is 1150. The summed E-state index contributed by atoms with van der Waals surface area (Å²) in [6.45, 7) is 7.65. The molecule has 0 amide bonds. The Balaban J connectivity index is 1.78. The molecule has 0 spiro atoms. The maximum atomic E-state index is 13.8. The average Bonchev–Trinajstić information content (AvgIpc) is 3.06. The number of hydrogen-bond acceptors (Lipinski definition) is 4. The molecule has 1 aliphatic heterocycles. The average molecular weight is 501 g/mol. The first-order valence-corrected chi connectivity index (χ1v) is 11.5. The summed E-state index contributed by atoms with van der Waals surface area (Å²) in [5.41, 5.74) is 1.28. The van der Waals surface area contributed by atoms with Crippen LogP contribution < -0.4 is 0 Å². The molecule has 0 aliphatic carbocycles. The minimum absolute atomic E-state index is 0.0102. The van der Waals surface area contributed by atoms with Gasteiger partial charge in [-0.3, -0.25) is 9.47 Å². The van der Waals surface area contributed by atoms with Crippen molar-refractivity contribution < 1.29 is 4.39 Å². The molecular formula is C21H21Cl3FN5S. The lowest BCUT2D eigenvalue weighted by atomic mass is 10.2. The van der Waals surface area contributed by atoms with E-state index in [9.17, 15) is 4.39 Å². The number of halogens is 4. The van der Waals surface area contributed by atoms with Crippen LogP contribution in [0.3, 0.4) is 0 Å². The Morgan fingerprint density at radius 3 is 2.32 bits per heavy atom. The smallest absolute Gasteiger partial charge is 0.204 e. The van der Waals surface area contributed by atoms with Crippen LogP contribution in [0.1, 0.15) is 6.92 Å². The zero-order valence-corrected chi connectivity index (χ0v) is 19.9. The summed E-state index contributed by atoms with van der Waals surface area (Å²) < 4.78 is 17.8. The Morgan fingerprint density at radius 2 is 1.68 bits per heavy atom. The molecule has 164 valence electrons. The quantitative estimate of drug-likeness (QED) is 0.416. The molecular weight excluding hydrogens is 480 g/mol. The lowest BCUT2D eigenvalue weighted by Gasteiger charge is -2.33. The molecule has 31 heavy (non-hydrogen) atoms. The second-order valence-corrected chi connectivity index (χ2v) is 8.97. The van der Waals surface area contributed by atoms with E-state index in [1.807, 2.05) is 0 Å². The van der Waals surface area contributed by atoms with Crippen molar-refractivity contribution in [3.8, 4) is 17.1 Å². The van der Waals surface area contributed by atoms with Crippen LogP contribution in [0.15, 0.2) is 36.4 Å². The minimum Gasteiger partial charge on any atom is -0.301 e. The zero-order valence-electron chi connectivity index (χ0n) is 16.9. The third kappa shape index (κ3) is 4.82. The van der Waals surface area contributed by atoms with Crippen molar-refractivity contribution in [1.29, 1.82) is 0 Å². The molecule has 0 saturated carbocycles. The fourth-order valence-corrected chi connectivity index (χ4v) is 4.60. The largest absolute Gasteiger partial charge is 0.301 e. The fraction of sp³-hybridized carbons (Fsp3) is 0.333. The third-order valence-electron chi connectivity index (χ3n) is 5.42. The van der Waals surface area contributed by atoms with Gasteiger partial charge in [0.25, 0.3) is 0 Å². The molecule has 1 saturated heterocycles. The van der Waals surface area contributed by atoms with E-state index in [0.29, 0.717) is 38.6 Å². The number of nitrogens with zero attached hydrogens (tertiary/aromatic N) is 5. The van der Waals surface area contributed by atoms with Gasteiger partial charge in [0, 0.05) is 36.8 Å². The van der Waals surface area contributed by atoms with Gasteiger partial charge in [-0.2, -0.15) is 0 Å². The van der Waals surface area contributed by atoms with Crippen LogP contribution >= 0.6 is 47.0 Å². The van der Waals surface area contributed by atoms with Crippen LogP contribution in [0.5, 0.6) is 0 Å². The van der Waals surface area contributed by atoms with E-state index < -0.39 is 5.82 Å². The molecule has 0 N–H and O–H groups in total. The Kier molecular flexibility index (Phi) is 7.01. The molecule has 3 aromatic rings. The molecule has 2 aromatic carbocycles. The third-order valence-corrected chi connectivity index (χ3v) is 6.65. The lowest BCUT2D eigenvalue weighted by molar-refractivity contribution is 0.106. The standard InChI is InChI=1S/C21H21Cl3FN5S/c1-2-27-7-9-28(10-8-27)13-29-21(31)30(15-4-6-19(25)18(24)12-15)20(26-29)16-5-3-14(22)11-17(16)23/h3-6,11-12H,2,7-10,13H2,1H3. The maximum absolute atomic E-state index is 13.8. The summed E-state index contributed by atoms with van der Waals surface area (Å²) in [4.78, 5) is 4.72. The monoisotopic (exact) mass is 499 g/mol. The van der Waals surface area contributed by atoms with Gasteiger partial charge in [0.2, 0.25) is 4.77 Å². The molecule has 0 unspecified atom stereocenters. The van der Waals surface area contributed by atoms with Crippen molar-refractivity contribution in [2.75, 3.05) is 32.7 Å². The summed E-state index contributed by atoms with van der Waals surface area (Å²) in [5, 5.41) is 5.77. The van der Waals surface area contributed by atoms with Gasteiger partial charge in [0.1, 0.15) is 5.82 Å². The van der Waals surface area contributed by atoms with Crippen molar-refractivity contribution in [3.05, 3.63) is 62.1 Å². The molecule has 1 aliphatic rings. The molecule has 1 aromatic heterocycles. The SMILES string of the molecule is CCN1CCN(Cn2nc(-c3ccc(Cl)cc3Cl)n(-c3ccc(F)c(Cl)c3)c2=S)CC1. The van der Waals surface area contributed by atoms with Gasteiger partial charge in [-0.05, 0) is 55.2 Å². The minimum atomic E-state index is -0.496. The van der Waals surface area contributed by atoms with Crippen LogP contribution in [-0.4, -0.2) is 56.9 Å². The fourth-order valence-electron chi connectivity index (χ4n) is 3.64. The van der Waals surface area contributed by atoms with E-state index in [-0.39, 0.29) is 5.02 Å². The molecule has 0 radical (unpaired) electrons. The Labute approximate surface area is 200 Å². The first-order valence-electron chi connectivity index (χ1n) is 9.92. The van der Waals surface area contributed by atoms with Crippen LogP contribution in [0.25, 0.3) is 17.1 Å². The van der Waals surface area contributed by atoms with E-state index in [0.717, 1.165) is 32.7 Å². The number of piperazine rings is 1. The van der Waals surface area contributed by atoms with Gasteiger partial charge >= 0.3 is 0 Å². The van der Waals surface area contributed by atoms with Gasteiger partial charge in [-0.15, -0.1) is 5.10 Å². The number of benzene rings is 2. The van der Waals surface area contributed by atoms with Crippen molar-refractivity contribution in [3.63, 3.8) is 0 Å². The summed E-state index contributed by atoms with van der Waals surface area (Å²) in [7, 11) is 0. The highest BCUT2D eigenvalue weighted by Gasteiger charge is 2.21. The van der Waals surface area contributed by atoms with Crippen molar-refractivity contribution in [2.24, 2.45) is 0 Å². The molecule has 0 atom stereocenters. The highest BCUT2D eigenvalue weighted by atomic mass is 35.5. The Hall–Kier alpha value is -1.48. The molecule has 0 bridgehead atoms. The van der Waals surface area contributed by atoms with Gasteiger partial charge in [-0.25, -0.2) is 9.07 Å². The first kappa shape index (κ1) is 22.7. The number of rotatable bonds is 5. The molecule has 2 heterocycles. The highest BCUT2D eigenvalue weighted by molar-refractivity contribution is 7.71. The normalized spacial score (nSPS) is 15.5. The zero-order chi connectivity index (χ0) is 22.1. The van der Waals surface area contributed by atoms with Crippen molar-refractivity contribution >= 4 is 47.0 Å². The van der Waals surface area contributed by atoms with Gasteiger partial charge in [0.05, 0.1) is 22.4 Å². The van der Waals surface area contributed by atoms with Gasteiger partial charge < -0.3 is 4.90 Å².